The van der Waals surface area contributed by atoms with E-state index in [1.54, 1.807) is 6.20 Å². The van der Waals surface area contributed by atoms with Crippen LogP contribution < -0.4 is 10.2 Å². The number of nitrogens with zero attached hydrogens (tertiary/aromatic N) is 2. The van der Waals surface area contributed by atoms with Crippen molar-refractivity contribution in [3.63, 3.8) is 0 Å². The summed E-state index contributed by atoms with van der Waals surface area (Å²) in [5.74, 6) is 0. The van der Waals surface area contributed by atoms with Crippen LogP contribution in [0.5, 0.6) is 0 Å². The number of nitrogens with one attached hydrogen (secondary N) is 1. The van der Waals surface area contributed by atoms with Crippen molar-refractivity contribution in [2.24, 2.45) is 0 Å². The van der Waals surface area contributed by atoms with Crippen LogP contribution in [0.4, 0.5) is 11.4 Å². The molecular weight excluding hydrogens is 282 g/mol. The molecule has 1 aliphatic rings. The third-order valence-electron chi connectivity index (χ3n) is 4.01. The molecule has 0 saturated heterocycles. The molecule has 0 radical (unpaired) electrons. The van der Waals surface area contributed by atoms with Gasteiger partial charge in [0.25, 0.3) is 0 Å². The summed E-state index contributed by atoms with van der Waals surface area (Å²) in [4.78, 5) is 6.50. The summed E-state index contributed by atoms with van der Waals surface area (Å²) in [5, 5.41) is 3.98. The van der Waals surface area contributed by atoms with E-state index in [9.17, 15) is 0 Å². The number of pyridine rings is 1. The van der Waals surface area contributed by atoms with Gasteiger partial charge in [-0.15, -0.1) is 0 Å². The van der Waals surface area contributed by atoms with E-state index in [4.69, 9.17) is 11.6 Å². The molecule has 0 spiro atoms. The van der Waals surface area contributed by atoms with Crippen molar-refractivity contribution in [2.75, 3.05) is 23.8 Å². The van der Waals surface area contributed by atoms with Crippen LogP contribution in [0.2, 0.25) is 5.15 Å². The first-order valence-electron chi connectivity index (χ1n) is 7.32. The topological polar surface area (TPSA) is 28.2 Å². The minimum absolute atomic E-state index is 0.567. The first-order chi connectivity index (χ1) is 10.1. The quantitative estimate of drug-likeness (QED) is 0.867. The normalized spacial score (nSPS) is 14.0. The van der Waals surface area contributed by atoms with E-state index < -0.39 is 0 Å². The second kappa shape index (κ2) is 5.94. The van der Waals surface area contributed by atoms with Crippen molar-refractivity contribution in [3.05, 3.63) is 52.3 Å². The molecule has 2 heterocycles. The zero-order valence-electron chi connectivity index (χ0n) is 12.5. The SMILES string of the molecule is Cc1cc(NCc2ccc3c(c2)CCCN3C)cnc1Cl. The molecule has 0 amide bonds. The Morgan fingerprint density at radius 1 is 1.33 bits per heavy atom. The molecule has 3 nitrogen and oxygen atoms in total. The Balaban J connectivity index is 1.72. The van der Waals surface area contributed by atoms with Gasteiger partial charge >= 0.3 is 0 Å². The highest BCUT2D eigenvalue weighted by atomic mass is 35.5. The van der Waals surface area contributed by atoms with Crippen molar-refractivity contribution in [3.8, 4) is 0 Å². The number of anilines is 2. The molecule has 110 valence electrons. The number of hydrogen-bond donors (Lipinski definition) is 1. The van der Waals surface area contributed by atoms with Crippen molar-refractivity contribution in [1.29, 1.82) is 0 Å². The summed E-state index contributed by atoms with van der Waals surface area (Å²) in [6.07, 6.45) is 4.19. The average Bonchev–Trinajstić information content (AvgIpc) is 2.49. The first kappa shape index (κ1) is 14.2. The van der Waals surface area contributed by atoms with Gasteiger partial charge in [0.1, 0.15) is 5.15 Å². The smallest absolute Gasteiger partial charge is 0.132 e. The molecule has 0 aliphatic carbocycles. The van der Waals surface area contributed by atoms with Gasteiger partial charge in [0, 0.05) is 25.8 Å². The minimum Gasteiger partial charge on any atom is -0.380 e. The number of aryl methyl sites for hydroxylation is 2. The lowest BCUT2D eigenvalue weighted by molar-refractivity contribution is 0.743. The summed E-state index contributed by atoms with van der Waals surface area (Å²) in [7, 11) is 2.16. The summed E-state index contributed by atoms with van der Waals surface area (Å²) in [6, 6.07) is 8.77. The van der Waals surface area contributed by atoms with E-state index in [-0.39, 0.29) is 0 Å². The molecule has 21 heavy (non-hydrogen) atoms. The molecular formula is C17H20ClN3. The van der Waals surface area contributed by atoms with Crippen LogP contribution in [0.25, 0.3) is 0 Å². The standard InChI is InChI=1S/C17H20ClN3/c1-12-8-15(11-20-17(12)18)19-10-13-5-6-16-14(9-13)4-3-7-21(16)2/h5-6,8-9,11,19H,3-4,7,10H2,1-2H3. The zero-order valence-corrected chi connectivity index (χ0v) is 13.2. The van der Waals surface area contributed by atoms with E-state index in [0.717, 1.165) is 24.3 Å². The monoisotopic (exact) mass is 301 g/mol. The van der Waals surface area contributed by atoms with Gasteiger partial charge in [-0.05, 0) is 48.6 Å². The fourth-order valence-electron chi connectivity index (χ4n) is 2.81. The lowest BCUT2D eigenvalue weighted by atomic mass is 9.99. The highest BCUT2D eigenvalue weighted by Crippen LogP contribution is 2.27. The second-order valence-corrected chi connectivity index (χ2v) is 6.03. The van der Waals surface area contributed by atoms with Gasteiger partial charge in [0.2, 0.25) is 0 Å². The van der Waals surface area contributed by atoms with E-state index in [0.29, 0.717) is 5.15 Å². The number of hydrogen-bond acceptors (Lipinski definition) is 3. The number of benzene rings is 1. The van der Waals surface area contributed by atoms with Crippen molar-refractivity contribution < 1.29 is 0 Å². The van der Waals surface area contributed by atoms with Gasteiger partial charge in [0.15, 0.2) is 0 Å². The Morgan fingerprint density at radius 2 is 2.19 bits per heavy atom. The van der Waals surface area contributed by atoms with Crippen molar-refractivity contribution in [2.45, 2.75) is 26.3 Å². The molecule has 0 unspecified atom stereocenters. The fraction of sp³-hybridized carbons (Fsp3) is 0.353. The highest BCUT2D eigenvalue weighted by molar-refractivity contribution is 6.30. The molecule has 1 aliphatic heterocycles. The van der Waals surface area contributed by atoms with Crippen LogP contribution in [-0.4, -0.2) is 18.6 Å². The zero-order chi connectivity index (χ0) is 14.8. The Hall–Kier alpha value is -1.74. The highest BCUT2D eigenvalue weighted by Gasteiger charge is 2.13. The number of aromatic nitrogens is 1. The largest absolute Gasteiger partial charge is 0.380 e. The number of fused-ring (bicyclic) bond motifs is 1. The number of halogens is 1. The first-order valence-corrected chi connectivity index (χ1v) is 7.70. The predicted octanol–water partition coefficient (Wildman–Crippen LogP) is 4.04. The molecule has 1 aromatic heterocycles. The summed E-state index contributed by atoms with van der Waals surface area (Å²) in [6.45, 7) is 3.93. The lowest BCUT2D eigenvalue weighted by Gasteiger charge is -2.27. The lowest BCUT2D eigenvalue weighted by Crippen LogP contribution is -2.24. The van der Waals surface area contributed by atoms with Gasteiger partial charge in [-0.2, -0.15) is 0 Å². The summed E-state index contributed by atoms with van der Waals surface area (Å²) < 4.78 is 0. The van der Waals surface area contributed by atoms with Crippen LogP contribution in [0.3, 0.4) is 0 Å². The Labute approximate surface area is 131 Å². The third-order valence-corrected chi connectivity index (χ3v) is 4.40. The molecule has 0 bridgehead atoms. The molecule has 0 saturated carbocycles. The maximum absolute atomic E-state index is 5.95. The van der Waals surface area contributed by atoms with Crippen LogP contribution in [0.1, 0.15) is 23.1 Å². The fourth-order valence-corrected chi connectivity index (χ4v) is 2.91. The van der Waals surface area contributed by atoms with Crippen LogP contribution in [-0.2, 0) is 13.0 Å². The average molecular weight is 302 g/mol. The maximum atomic E-state index is 5.95. The minimum atomic E-state index is 0.567. The second-order valence-electron chi connectivity index (χ2n) is 5.67. The molecule has 1 aromatic carbocycles. The Morgan fingerprint density at radius 3 is 3.00 bits per heavy atom. The molecule has 2 aromatic rings. The number of rotatable bonds is 3. The van der Waals surface area contributed by atoms with Gasteiger partial charge in [0.05, 0.1) is 11.9 Å². The Kier molecular flexibility index (Phi) is 4.02. The van der Waals surface area contributed by atoms with Crippen molar-refractivity contribution in [1.82, 2.24) is 4.98 Å². The maximum Gasteiger partial charge on any atom is 0.132 e. The van der Waals surface area contributed by atoms with E-state index in [1.807, 2.05) is 13.0 Å². The summed E-state index contributed by atoms with van der Waals surface area (Å²) in [5.41, 5.74) is 6.12. The molecule has 4 heteroatoms. The van der Waals surface area contributed by atoms with Gasteiger partial charge in [-0.3, -0.25) is 0 Å². The van der Waals surface area contributed by atoms with Gasteiger partial charge in [-0.25, -0.2) is 4.98 Å². The van der Waals surface area contributed by atoms with E-state index in [1.165, 1.54) is 29.7 Å². The third kappa shape index (κ3) is 3.13. The van der Waals surface area contributed by atoms with E-state index >= 15 is 0 Å². The van der Waals surface area contributed by atoms with Crippen LogP contribution in [0.15, 0.2) is 30.5 Å². The van der Waals surface area contributed by atoms with Crippen LogP contribution in [0, 0.1) is 6.92 Å². The Bertz CT molecular complexity index is 654. The van der Waals surface area contributed by atoms with Gasteiger partial charge < -0.3 is 10.2 Å². The molecule has 3 rings (SSSR count). The van der Waals surface area contributed by atoms with Gasteiger partial charge in [-0.1, -0.05) is 23.7 Å². The predicted molar refractivity (Wildman–Crippen MR) is 89.3 cm³/mol. The molecule has 0 atom stereocenters. The molecule has 0 fully saturated rings. The summed E-state index contributed by atoms with van der Waals surface area (Å²) >= 11 is 5.95. The van der Waals surface area contributed by atoms with Crippen LogP contribution >= 0.6 is 11.6 Å². The molecule has 1 N–H and O–H groups in total. The van der Waals surface area contributed by atoms with E-state index in [2.05, 4.69) is 40.4 Å². The van der Waals surface area contributed by atoms with Crippen molar-refractivity contribution >= 4 is 23.0 Å².